The lowest BCUT2D eigenvalue weighted by molar-refractivity contribution is -0.160. The van der Waals surface area contributed by atoms with Crippen molar-refractivity contribution >= 4 is 23.4 Å². The van der Waals surface area contributed by atoms with Crippen LogP contribution < -0.4 is 19.6 Å². The van der Waals surface area contributed by atoms with Gasteiger partial charge in [0.1, 0.15) is 11.7 Å². The molecular formula is C24H26N4O4S. The lowest BCUT2D eigenvalue weighted by atomic mass is 9.81. The lowest BCUT2D eigenvalue weighted by Crippen LogP contribution is -2.58. The SMILES string of the molecule is CCOC(=O)[C@@H]1[C@@H]2c3ccccc3O[C@@]1(C)N=c1s/c(=C/c3c(C)nn(CC)c3C)c(=O)n12. The van der Waals surface area contributed by atoms with Crippen molar-refractivity contribution in [3.63, 3.8) is 0 Å². The molecule has 3 aromatic rings. The second-order valence-electron chi connectivity index (χ2n) is 8.45. The summed E-state index contributed by atoms with van der Waals surface area (Å²) >= 11 is 1.31. The number of esters is 1. The first kappa shape index (κ1) is 21.6. The third-order valence-electron chi connectivity index (χ3n) is 6.43. The zero-order chi connectivity index (χ0) is 23.5. The lowest BCUT2D eigenvalue weighted by Gasteiger charge is -2.44. The highest BCUT2D eigenvalue weighted by Gasteiger charge is 2.55. The maximum atomic E-state index is 13.7. The van der Waals surface area contributed by atoms with Gasteiger partial charge in [0.2, 0.25) is 5.72 Å². The van der Waals surface area contributed by atoms with Crippen molar-refractivity contribution in [1.29, 1.82) is 0 Å². The van der Waals surface area contributed by atoms with Crippen molar-refractivity contribution in [2.75, 3.05) is 6.61 Å². The number of thiazole rings is 1. The summed E-state index contributed by atoms with van der Waals surface area (Å²) in [6.07, 6.45) is 1.89. The molecule has 0 saturated carbocycles. The van der Waals surface area contributed by atoms with Crippen LogP contribution in [0.1, 0.15) is 49.3 Å². The first-order valence-corrected chi connectivity index (χ1v) is 11.9. The number of carbonyl (C=O) groups excluding carboxylic acids is 1. The Hall–Kier alpha value is -3.20. The van der Waals surface area contributed by atoms with E-state index in [-0.39, 0.29) is 12.2 Å². The summed E-state index contributed by atoms with van der Waals surface area (Å²) in [5.74, 6) is -0.570. The Bertz CT molecular complexity index is 1450. The van der Waals surface area contributed by atoms with E-state index < -0.39 is 23.7 Å². The molecule has 2 aliphatic heterocycles. The summed E-state index contributed by atoms with van der Waals surface area (Å²) in [5.41, 5.74) is 2.23. The van der Waals surface area contributed by atoms with E-state index in [0.717, 1.165) is 29.1 Å². The fourth-order valence-electron chi connectivity index (χ4n) is 4.90. The minimum absolute atomic E-state index is 0.181. The van der Waals surface area contributed by atoms with Crippen LogP contribution in [0, 0.1) is 19.8 Å². The molecule has 33 heavy (non-hydrogen) atoms. The first-order chi connectivity index (χ1) is 15.8. The smallest absolute Gasteiger partial charge is 0.317 e. The average molecular weight is 467 g/mol. The summed E-state index contributed by atoms with van der Waals surface area (Å²) in [6.45, 7) is 10.5. The molecule has 2 aromatic heterocycles. The number of benzene rings is 1. The van der Waals surface area contributed by atoms with Crippen molar-refractivity contribution in [2.24, 2.45) is 10.9 Å². The number of rotatable bonds is 4. The molecule has 172 valence electrons. The molecule has 3 atom stereocenters. The summed E-state index contributed by atoms with van der Waals surface area (Å²) in [5, 5.41) is 4.56. The highest BCUT2D eigenvalue weighted by Crippen LogP contribution is 2.47. The Morgan fingerprint density at radius 1 is 1.30 bits per heavy atom. The summed E-state index contributed by atoms with van der Waals surface area (Å²) in [7, 11) is 0. The van der Waals surface area contributed by atoms with Crippen LogP contribution in [0.4, 0.5) is 0 Å². The highest BCUT2D eigenvalue weighted by molar-refractivity contribution is 7.07. The van der Waals surface area contributed by atoms with Gasteiger partial charge in [0.25, 0.3) is 5.56 Å². The van der Waals surface area contributed by atoms with E-state index in [1.165, 1.54) is 11.3 Å². The fraction of sp³-hybridized carbons (Fsp3) is 0.417. The number of hydrogen-bond donors (Lipinski definition) is 0. The molecule has 2 bridgehead atoms. The number of para-hydroxylation sites is 1. The van der Waals surface area contributed by atoms with Gasteiger partial charge in [0, 0.05) is 23.4 Å². The second-order valence-corrected chi connectivity index (χ2v) is 9.46. The van der Waals surface area contributed by atoms with Crippen molar-refractivity contribution in [2.45, 2.75) is 52.9 Å². The number of hydrogen-bond acceptors (Lipinski definition) is 7. The van der Waals surface area contributed by atoms with Gasteiger partial charge < -0.3 is 9.47 Å². The Balaban J connectivity index is 1.78. The number of fused-ring (bicyclic) bond motifs is 6. The van der Waals surface area contributed by atoms with Gasteiger partial charge in [0.15, 0.2) is 4.80 Å². The van der Waals surface area contributed by atoms with E-state index in [0.29, 0.717) is 15.1 Å². The van der Waals surface area contributed by atoms with E-state index in [1.807, 2.05) is 55.8 Å². The van der Waals surface area contributed by atoms with Gasteiger partial charge >= 0.3 is 5.97 Å². The number of aromatic nitrogens is 3. The highest BCUT2D eigenvalue weighted by atomic mass is 32.1. The molecular weight excluding hydrogens is 440 g/mol. The van der Waals surface area contributed by atoms with Crippen molar-refractivity contribution in [3.8, 4) is 5.75 Å². The number of carbonyl (C=O) groups is 1. The van der Waals surface area contributed by atoms with Crippen LogP contribution in [0.25, 0.3) is 6.08 Å². The van der Waals surface area contributed by atoms with Crippen molar-refractivity contribution in [1.82, 2.24) is 14.3 Å². The monoisotopic (exact) mass is 466 g/mol. The van der Waals surface area contributed by atoms with Crippen LogP contribution in [-0.4, -0.2) is 32.6 Å². The molecule has 0 saturated heterocycles. The predicted octanol–water partition coefficient (Wildman–Crippen LogP) is 2.08. The van der Waals surface area contributed by atoms with E-state index in [9.17, 15) is 9.59 Å². The van der Waals surface area contributed by atoms with Gasteiger partial charge in [-0.2, -0.15) is 5.10 Å². The molecule has 9 heteroatoms. The topological polar surface area (TPSA) is 87.7 Å². The molecule has 8 nitrogen and oxygen atoms in total. The van der Waals surface area contributed by atoms with Crippen molar-refractivity contribution in [3.05, 3.63) is 66.5 Å². The van der Waals surface area contributed by atoms with Gasteiger partial charge in [-0.25, -0.2) is 4.99 Å². The molecule has 0 unspecified atom stereocenters. The Morgan fingerprint density at radius 3 is 2.76 bits per heavy atom. The van der Waals surface area contributed by atoms with Crippen LogP contribution in [0.15, 0.2) is 34.1 Å². The van der Waals surface area contributed by atoms with Crippen LogP contribution in [0.5, 0.6) is 5.75 Å². The fourth-order valence-corrected chi connectivity index (χ4v) is 5.98. The van der Waals surface area contributed by atoms with E-state index in [1.54, 1.807) is 18.4 Å². The molecule has 0 radical (unpaired) electrons. The van der Waals surface area contributed by atoms with Crippen LogP contribution in [-0.2, 0) is 16.1 Å². The summed E-state index contributed by atoms with van der Waals surface area (Å²) < 4.78 is 15.7. The normalized spacial score (nSPS) is 23.4. The Kier molecular flexibility index (Phi) is 5.04. The van der Waals surface area contributed by atoms with Crippen LogP contribution in [0.2, 0.25) is 0 Å². The van der Waals surface area contributed by atoms with Crippen LogP contribution in [0.3, 0.4) is 0 Å². The minimum atomic E-state index is -1.17. The van der Waals surface area contributed by atoms with E-state index in [2.05, 4.69) is 5.10 Å². The molecule has 4 heterocycles. The molecule has 5 rings (SSSR count). The molecule has 0 aliphatic carbocycles. The van der Waals surface area contributed by atoms with E-state index in [4.69, 9.17) is 14.5 Å². The molecule has 0 amide bonds. The molecule has 0 fully saturated rings. The van der Waals surface area contributed by atoms with Gasteiger partial charge in [-0.05, 0) is 46.8 Å². The minimum Gasteiger partial charge on any atom is -0.466 e. The zero-order valence-corrected chi connectivity index (χ0v) is 20.1. The van der Waals surface area contributed by atoms with Gasteiger partial charge in [-0.1, -0.05) is 29.5 Å². The maximum Gasteiger partial charge on any atom is 0.317 e. The number of aryl methyl sites for hydroxylation is 2. The maximum absolute atomic E-state index is 13.7. The Morgan fingerprint density at radius 2 is 2.06 bits per heavy atom. The van der Waals surface area contributed by atoms with Gasteiger partial charge in [0.05, 0.1) is 22.9 Å². The van der Waals surface area contributed by atoms with Gasteiger partial charge in [-0.15, -0.1) is 0 Å². The molecule has 1 aromatic carbocycles. The molecule has 0 spiro atoms. The van der Waals surface area contributed by atoms with Gasteiger partial charge in [-0.3, -0.25) is 18.8 Å². The third kappa shape index (κ3) is 3.17. The average Bonchev–Trinajstić information content (AvgIpc) is 3.22. The molecule has 0 N–H and O–H groups in total. The third-order valence-corrected chi connectivity index (χ3v) is 7.42. The quantitative estimate of drug-likeness (QED) is 0.550. The van der Waals surface area contributed by atoms with Crippen LogP contribution >= 0.6 is 11.3 Å². The zero-order valence-electron chi connectivity index (χ0n) is 19.3. The first-order valence-electron chi connectivity index (χ1n) is 11.1. The number of ether oxygens (including phenoxy) is 2. The standard InChI is InChI=1S/C24H26N4O4S/c1-6-27-14(4)16(13(3)26-27)12-18-21(29)28-20-15-10-8-9-11-17(15)32-24(5,25-23(28)33-18)19(20)22(30)31-7-2/h8-12,19-20H,6-7H2,1-5H3/b18-12+/t19-,20-,24+/m0/s1. The predicted molar refractivity (Wildman–Crippen MR) is 124 cm³/mol. The second kappa shape index (κ2) is 7.69. The largest absolute Gasteiger partial charge is 0.466 e. The number of nitrogens with zero attached hydrogens (tertiary/aromatic N) is 4. The summed E-state index contributed by atoms with van der Waals surface area (Å²) in [4.78, 5) is 32.1. The Labute approximate surface area is 194 Å². The molecule has 2 aliphatic rings. The summed E-state index contributed by atoms with van der Waals surface area (Å²) in [6, 6.07) is 6.94. The van der Waals surface area contributed by atoms with E-state index >= 15 is 0 Å². The van der Waals surface area contributed by atoms with Crippen molar-refractivity contribution < 1.29 is 14.3 Å².